The lowest BCUT2D eigenvalue weighted by Crippen LogP contribution is -2.08. The van der Waals surface area contributed by atoms with Crippen molar-refractivity contribution in [3.8, 4) is 17.2 Å². The Balaban J connectivity index is 2.27. The molecule has 0 saturated carbocycles. The number of ether oxygens (including phenoxy) is 1. The number of nitrogens with zero attached hydrogens (tertiary/aromatic N) is 1. The summed E-state index contributed by atoms with van der Waals surface area (Å²) in [5.41, 5.74) is 4.90. The second-order valence-corrected chi connectivity index (χ2v) is 4.66. The molecule has 20 heavy (non-hydrogen) atoms. The van der Waals surface area contributed by atoms with Crippen molar-refractivity contribution >= 4 is 5.69 Å². The minimum Gasteiger partial charge on any atom is -0.383 e. The molecule has 2 aromatic carbocycles. The van der Waals surface area contributed by atoms with Gasteiger partial charge in [-0.3, -0.25) is 0 Å². The molecule has 3 nitrogen and oxygen atoms in total. The van der Waals surface area contributed by atoms with Crippen LogP contribution in [0.25, 0.3) is 11.1 Å². The third kappa shape index (κ3) is 3.37. The van der Waals surface area contributed by atoms with E-state index in [0.29, 0.717) is 18.7 Å². The molecular formula is C17H18N2O. The number of benzene rings is 2. The molecule has 0 bridgehead atoms. The van der Waals surface area contributed by atoms with Crippen LogP contribution >= 0.6 is 0 Å². The van der Waals surface area contributed by atoms with Crippen LogP contribution in [0.2, 0.25) is 0 Å². The van der Waals surface area contributed by atoms with E-state index in [1.807, 2.05) is 24.3 Å². The van der Waals surface area contributed by atoms with Gasteiger partial charge in [-0.15, -0.1) is 0 Å². The lowest BCUT2D eigenvalue weighted by Gasteiger charge is -2.10. The second kappa shape index (κ2) is 6.74. The zero-order valence-electron chi connectivity index (χ0n) is 11.8. The molecule has 0 spiro atoms. The number of aryl methyl sites for hydroxylation is 1. The van der Waals surface area contributed by atoms with Gasteiger partial charge < -0.3 is 10.1 Å². The summed E-state index contributed by atoms with van der Waals surface area (Å²) in [6.45, 7) is 3.37. The average Bonchev–Trinajstić information content (AvgIpc) is 2.47. The topological polar surface area (TPSA) is 45.0 Å². The van der Waals surface area contributed by atoms with Gasteiger partial charge in [0.25, 0.3) is 0 Å². The molecule has 102 valence electrons. The SMILES string of the molecule is COCCNc1ccc(-c2cccc(C)c2)cc1C#N. The predicted molar refractivity (Wildman–Crippen MR) is 81.7 cm³/mol. The maximum atomic E-state index is 9.28. The summed E-state index contributed by atoms with van der Waals surface area (Å²) in [6.07, 6.45) is 0. The minimum atomic E-state index is 0.616. The molecule has 0 radical (unpaired) electrons. The number of nitriles is 1. The first-order valence-electron chi connectivity index (χ1n) is 6.58. The molecule has 0 heterocycles. The zero-order chi connectivity index (χ0) is 14.4. The average molecular weight is 266 g/mol. The van der Waals surface area contributed by atoms with Crippen molar-refractivity contribution in [1.82, 2.24) is 0 Å². The Morgan fingerprint density at radius 2 is 1.95 bits per heavy atom. The molecule has 1 N–H and O–H groups in total. The highest BCUT2D eigenvalue weighted by molar-refractivity contribution is 5.71. The molecule has 0 unspecified atom stereocenters. The molecule has 0 aromatic heterocycles. The fourth-order valence-corrected chi connectivity index (χ4v) is 2.08. The number of nitrogens with one attached hydrogen (secondary N) is 1. The highest BCUT2D eigenvalue weighted by atomic mass is 16.5. The number of hydrogen-bond acceptors (Lipinski definition) is 3. The van der Waals surface area contributed by atoms with E-state index < -0.39 is 0 Å². The van der Waals surface area contributed by atoms with Crippen molar-refractivity contribution in [2.45, 2.75) is 6.92 Å². The molecule has 2 rings (SSSR count). The van der Waals surface area contributed by atoms with Crippen LogP contribution in [0.4, 0.5) is 5.69 Å². The van der Waals surface area contributed by atoms with Crippen LogP contribution in [-0.2, 0) is 4.74 Å². The van der Waals surface area contributed by atoms with Crippen LogP contribution in [0.15, 0.2) is 42.5 Å². The lowest BCUT2D eigenvalue weighted by atomic mass is 10.0. The van der Waals surface area contributed by atoms with Crippen molar-refractivity contribution in [1.29, 1.82) is 5.26 Å². The summed E-state index contributed by atoms with van der Waals surface area (Å²) in [4.78, 5) is 0. The first-order chi connectivity index (χ1) is 9.74. The van der Waals surface area contributed by atoms with E-state index in [4.69, 9.17) is 4.74 Å². The molecule has 3 heteroatoms. The third-order valence-electron chi connectivity index (χ3n) is 3.11. The van der Waals surface area contributed by atoms with Crippen LogP contribution in [0.1, 0.15) is 11.1 Å². The number of methoxy groups -OCH3 is 1. The van der Waals surface area contributed by atoms with Crippen LogP contribution in [0, 0.1) is 18.3 Å². The molecule has 0 saturated heterocycles. The molecule has 0 aliphatic rings. The van der Waals surface area contributed by atoms with Gasteiger partial charge in [0.2, 0.25) is 0 Å². The fourth-order valence-electron chi connectivity index (χ4n) is 2.08. The Kier molecular flexibility index (Phi) is 4.75. The quantitative estimate of drug-likeness (QED) is 0.841. The Bertz CT molecular complexity index is 629. The number of hydrogen-bond donors (Lipinski definition) is 1. The van der Waals surface area contributed by atoms with Gasteiger partial charge in [0.1, 0.15) is 6.07 Å². The summed E-state index contributed by atoms with van der Waals surface area (Å²) in [6, 6.07) is 16.4. The first kappa shape index (κ1) is 14.1. The van der Waals surface area contributed by atoms with E-state index in [1.165, 1.54) is 5.56 Å². The summed E-state index contributed by atoms with van der Waals surface area (Å²) < 4.78 is 5.00. The van der Waals surface area contributed by atoms with Crippen molar-refractivity contribution in [3.63, 3.8) is 0 Å². The fraction of sp³-hybridized carbons (Fsp3) is 0.235. The maximum Gasteiger partial charge on any atom is 0.101 e. The van der Waals surface area contributed by atoms with Crippen LogP contribution < -0.4 is 5.32 Å². The van der Waals surface area contributed by atoms with Gasteiger partial charge in [0, 0.05) is 13.7 Å². The summed E-state index contributed by atoms with van der Waals surface area (Å²) in [5, 5.41) is 12.5. The normalized spacial score (nSPS) is 10.1. The van der Waals surface area contributed by atoms with E-state index in [1.54, 1.807) is 7.11 Å². The molecule has 0 atom stereocenters. The summed E-state index contributed by atoms with van der Waals surface area (Å²) >= 11 is 0. The molecule has 2 aromatic rings. The third-order valence-corrected chi connectivity index (χ3v) is 3.11. The van der Waals surface area contributed by atoms with Crippen molar-refractivity contribution < 1.29 is 4.74 Å². The van der Waals surface area contributed by atoms with Gasteiger partial charge in [0.05, 0.1) is 17.9 Å². The van der Waals surface area contributed by atoms with E-state index >= 15 is 0 Å². The van der Waals surface area contributed by atoms with Crippen LogP contribution in [-0.4, -0.2) is 20.3 Å². The van der Waals surface area contributed by atoms with Gasteiger partial charge in [-0.25, -0.2) is 0 Å². The first-order valence-corrected chi connectivity index (χ1v) is 6.58. The number of anilines is 1. The highest BCUT2D eigenvalue weighted by Crippen LogP contribution is 2.25. The smallest absolute Gasteiger partial charge is 0.101 e. The van der Waals surface area contributed by atoms with E-state index in [-0.39, 0.29) is 0 Å². The predicted octanol–water partition coefficient (Wildman–Crippen LogP) is 3.59. The van der Waals surface area contributed by atoms with Gasteiger partial charge >= 0.3 is 0 Å². The minimum absolute atomic E-state index is 0.616. The molecule has 0 fully saturated rings. The molecule has 0 aliphatic heterocycles. The zero-order valence-corrected chi connectivity index (χ0v) is 11.8. The van der Waals surface area contributed by atoms with Crippen LogP contribution in [0.5, 0.6) is 0 Å². The standard InChI is InChI=1S/C17H18N2O/c1-13-4-3-5-14(10-13)15-6-7-17(16(11-15)12-18)19-8-9-20-2/h3-7,10-11,19H,8-9H2,1-2H3. The molecular weight excluding hydrogens is 248 g/mol. The number of rotatable bonds is 5. The van der Waals surface area contributed by atoms with Crippen molar-refractivity contribution in [2.24, 2.45) is 0 Å². The lowest BCUT2D eigenvalue weighted by molar-refractivity contribution is 0.211. The van der Waals surface area contributed by atoms with Crippen molar-refractivity contribution in [3.05, 3.63) is 53.6 Å². The summed E-state index contributed by atoms with van der Waals surface area (Å²) in [7, 11) is 1.66. The van der Waals surface area contributed by atoms with Gasteiger partial charge in [-0.05, 0) is 30.2 Å². The highest BCUT2D eigenvalue weighted by Gasteiger charge is 2.05. The monoisotopic (exact) mass is 266 g/mol. The Labute approximate surface area is 119 Å². The molecule has 0 aliphatic carbocycles. The Morgan fingerprint density at radius 3 is 2.65 bits per heavy atom. The van der Waals surface area contributed by atoms with E-state index in [9.17, 15) is 5.26 Å². The Morgan fingerprint density at radius 1 is 1.15 bits per heavy atom. The largest absolute Gasteiger partial charge is 0.383 e. The van der Waals surface area contributed by atoms with Crippen LogP contribution in [0.3, 0.4) is 0 Å². The Hall–Kier alpha value is -2.31. The second-order valence-electron chi connectivity index (χ2n) is 4.66. The van der Waals surface area contributed by atoms with Gasteiger partial charge in [-0.2, -0.15) is 5.26 Å². The van der Waals surface area contributed by atoms with E-state index in [2.05, 4.69) is 36.5 Å². The van der Waals surface area contributed by atoms with Gasteiger partial charge in [-0.1, -0.05) is 35.9 Å². The van der Waals surface area contributed by atoms with Gasteiger partial charge in [0.15, 0.2) is 0 Å². The van der Waals surface area contributed by atoms with E-state index in [0.717, 1.165) is 16.8 Å². The maximum absolute atomic E-state index is 9.28. The van der Waals surface area contributed by atoms with Crippen molar-refractivity contribution in [2.75, 3.05) is 25.6 Å². The molecule has 0 amide bonds. The summed E-state index contributed by atoms with van der Waals surface area (Å²) in [5.74, 6) is 0.